The highest BCUT2D eigenvalue weighted by Crippen LogP contribution is 2.12. The Hall–Kier alpha value is -1.93. The van der Waals surface area contributed by atoms with Crippen LogP contribution in [0.4, 0.5) is 0 Å². The lowest BCUT2D eigenvalue weighted by Gasteiger charge is -2.37. The zero-order valence-electron chi connectivity index (χ0n) is 18.2. The van der Waals surface area contributed by atoms with E-state index in [1.54, 1.807) is 6.08 Å². The third-order valence-electron chi connectivity index (χ3n) is 4.71. The van der Waals surface area contributed by atoms with E-state index in [1.807, 2.05) is 35.2 Å². The van der Waals surface area contributed by atoms with Gasteiger partial charge in [0.2, 0.25) is 0 Å². The number of aliphatic hydroxyl groups excluding tert-OH is 1. The van der Waals surface area contributed by atoms with Crippen molar-refractivity contribution in [3.05, 3.63) is 43.0 Å². The summed E-state index contributed by atoms with van der Waals surface area (Å²) in [5, 5.41) is 10.2. The summed E-state index contributed by atoms with van der Waals surface area (Å²) in [7, 11) is 0. The van der Waals surface area contributed by atoms with Crippen LogP contribution in [0.2, 0.25) is 0 Å². The molecule has 1 aromatic carbocycles. The van der Waals surface area contributed by atoms with E-state index in [0.717, 1.165) is 6.54 Å². The third-order valence-corrected chi connectivity index (χ3v) is 4.71. The van der Waals surface area contributed by atoms with Crippen molar-refractivity contribution in [3.63, 3.8) is 0 Å². The summed E-state index contributed by atoms with van der Waals surface area (Å²) >= 11 is 0. The van der Waals surface area contributed by atoms with E-state index < -0.39 is 6.10 Å². The summed E-state index contributed by atoms with van der Waals surface area (Å²) in [4.78, 5) is 16.8. The SMILES string of the molecule is C=CCOCC(O)CN1CCOC(CN(CC(C)C)C(=O)COc2ccccc2)C1. The van der Waals surface area contributed by atoms with Gasteiger partial charge in [0.15, 0.2) is 6.61 Å². The van der Waals surface area contributed by atoms with Crippen LogP contribution in [-0.4, -0.2) is 92.2 Å². The number of hydrogen-bond donors (Lipinski definition) is 1. The van der Waals surface area contributed by atoms with Gasteiger partial charge in [0, 0.05) is 32.7 Å². The maximum atomic E-state index is 12.8. The summed E-state index contributed by atoms with van der Waals surface area (Å²) in [5.74, 6) is 0.975. The second kappa shape index (κ2) is 13.4. The molecule has 0 spiro atoms. The summed E-state index contributed by atoms with van der Waals surface area (Å²) in [6.07, 6.45) is 1.01. The molecule has 7 nitrogen and oxygen atoms in total. The van der Waals surface area contributed by atoms with Crippen LogP contribution < -0.4 is 4.74 Å². The molecule has 168 valence electrons. The molecule has 0 aliphatic carbocycles. The summed E-state index contributed by atoms with van der Waals surface area (Å²) in [6, 6.07) is 9.35. The fraction of sp³-hybridized carbons (Fsp3) is 0.609. The normalized spacial score (nSPS) is 18.2. The maximum Gasteiger partial charge on any atom is 0.260 e. The quantitative estimate of drug-likeness (QED) is 0.388. The first-order valence-corrected chi connectivity index (χ1v) is 10.6. The van der Waals surface area contributed by atoms with Crippen molar-refractivity contribution in [2.45, 2.75) is 26.1 Å². The molecule has 1 fully saturated rings. The highest BCUT2D eigenvalue weighted by Gasteiger charge is 2.26. The van der Waals surface area contributed by atoms with Crippen molar-refractivity contribution in [1.82, 2.24) is 9.80 Å². The van der Waals surface area contributed by atoms with Crippen LogP contribution >= 0.6 is 0 Å². The summed E-state index contributed by atoms with van der Waals surface area (Å²) in [6.45, 7) is 12.2. The van der Waals surface area contributed by atoms with Gasteiger partial charge in [-0.05, 0) is 18.1 Å². The summed E-state index contributed by atoms with van der Waals surface area (Å²) in [5.41, 5.74) is 0. The standard InChI is InChI=1S/C23H36N2O5/c1-4-11-28-17-20(26)14-24-10-12-29-22(15-24)16-25(13-19(2)3)23(27)18-30-21-8-6-5-7-9-21/h4-9,19-20,22,26H,1,10-18H2,2-3H3. The Bertz CT molecular complexity index is 625. The van der Waals surface area contributed by atoms with Crippen molar-refractivity contribution in [1.29, 1.82) is 0 Å². The van der Waals surface area contributed by atoms with Crippen molar-refractivity contribution in [3.8, 4) is 5.75 Å². The predicted octanol–water partition coefficient (Wildman–Crippen LogP) is 1.81. The number of rotatable bonds is 13. The molecule has 1 heterocycles. The lowest BCUT2D eigenvalue weighted by atomic mass is 10.1. The van der Waals surface area contributed by atoms with E-state index in [-0.39, 0.29) is 25.2 Å². The Morgan fingerprint density at radius 1 is 1.40 bits per heavy atom. The molecule has 1 amide bonds. The van der Waals surface area contributed by atoms with Crippen molar-refractivity contribution in [2.75, 3.05) is 59.2 Å². The average Bonchev–Trinajstić information content (AvgIpc) is 2.72. The molecule has 2 atom stereocenters. The molecule has 0 bridgehead atoms. The van der Waals surface area contributed by atoms with Gasteiger partial charge in [-0.15, -0.1) is 6.58 Å². The van der Waals surface area contributed by atoms with Gasteiger partial charge in [-0.25, -0.2) is 0 Å². The van der Waals surface area contributed by atoms with Crippen molar-refractivity contribution >= 4 is 5.91 Å². The number of carbonyl (C=O) groups is 1. The van der Waals surface area contributed by atoms with E-state index >= 15 is 0 Å². The van der Waals surface area contributed by atoms with Gasteiger partial charge in [0.1, 0.15) is 5.75 Å². The number of para-hydroxylation sites is 1. The largest absolute Gasteiger partial charge is 0.484 e. The molecule has 1 N–H and O–H groups in total. The highest BCUT2D eigenvalue weighted by molar-refractivity contribution is 5.77. The second-order valence-corrected chi connectivity index (χ2v) is 8.03. The minimum Gasteiger partial charge on any atom is -0.484 e. The van der Waals surface area contributed by atoms with Crippen LogP contribution in [0.15, 0.2) is 43.0 Å². The second-order valence-electron chi connectivity index (χ2n) is 8.03. The van der Waals surface area contributed by atoms with Crippen LogP contribution in [0.25, 0.3) is 0 Å². The predicted molar refractivity (Wildman–Crippen MR) is 117 cm³/mol. The topological polar surface area (TPSA) is 71.5 Å². The van der Waals surface area contributed by atoms with Gasteiger partial charge in [-0.2, -0.15) is 0 Å². The van der Waals surface area contributed by atoms with Gasteiger partial charge in [0.05, 0.1) is 32.0 Å². The third kappa shape index (κ3) is 9.26. The van der Waals surface area contributed by atoms with Gasteiger partial charge in [-0.3, -0.25) is 9.69 Å². The van der Waals surface area contributed by atoms with E-state index in [2.05, 4.69) is 25.3 Å². The zero-order valence-corrected chi connectivity index (χ0v) is 18.2. The van der Waals surface area contributed by atoms with Gasteiger partial charge in [-0.1, -0.05) is 38.1 Å². The lowest BCUT2D eigenvalue weighted by molar-refractivity contribution is -0.137. The molecule has 2 unspecified atom stereocenters. The fourth-order valence-corrected chi connectivity index (χ4v) is 3.41. The fourth-order valence-electron chi connectivity index (χ4n) is 3.41. The molecule has 2 rings (SSSR count). The maximum absolute atomic E-state index is 12.8. The molecule has 0 aromatic heterocycles. The Morgan fingerprint density at radius 3 is 2.87 bits per heavy atom. The number of hydrogen-bond acceptors (Lipinski definition) is 6. The molecule has 30 heavy (non-hydrogen) atoms. The monoisotopic (exact) mass is 420 g/mol. The van der Waals surface area contributed by atoms with Gasteiger partial charge in [0.25, 0.3) is 5.91 Å². The molecule has 1 aliphatic rings. The van der Waals surface area contributed by atoms with E-state index in [0.29, 0.717) is 51.1 Å². The van der Waals surface area contributed by atoms with Crippen molar-refractivity contribution < 1.29 is 24.1 Å². The van der Waals surface area contributed by atoms with Crippen LogP contribution in [0.3, 0.4) is 0 Å². The summed E-state index contributed by atoms with van der Waals surface area (Å²) < 4.78 is 16.9. The molecule has 0 saturated carbocycles. The minimum atomic E-state index is -0.559. The van der Waals surface area contributed by atoms with E-state index in [1.165, 1.54) is 0 Å². The number of nitrogens with zero attached hydrogens (tertiary/aromatic N) is 2. The first-order valence-electron chi connectivity index (χ1n) is 10.6. The minimum absolute atomic E-state index is 0.00647. The number of amides is 1. The molecule has 1 saturated heterocycles. The Morgan fingerprint density at radius 2 is 2.17 bits per heavy atom. The first-order chi connectivity index (χ1) is 14.5. The average molecular weight is 421 g/mol. The van der Waals surface area contributed by atoms with E-state index in [9.17, 15) is 9.90 Å². The Kier molecular flexibility index (Phi) is 10.9. The first kappa shape index (κ1) is 24.3. The Balaban J connectivity index is 1.84. The molecular formula is C23H36N2O5. The van der Waals surface area contributed by atoms with Crippen LogP contribution in [0, 0.1) is 5.92 Å². The molecular weight excluding hydrogens is 384 g/mol. The van der Waals surface area contributed by atoms with Gasteiger partial charge < -0.3 is 24.2 Å². The highest BCUT2D eigenvalue weighted by atomic mass is 16.5. The molecule has 1 aromatic rings. The Labute approximate surface area is 180 Å². The van der Waals surface area contributed by atoms with Gasteiger partial charge >= 0.3 is 0 Å². The number of ether oxygens (including phenoxy) is 3. The lowest BCUT2D eigenvalue weighted by Crippen LogP contribution is -2.51. The smallest absolute Gasteiger partial charge is 0.260 e. The van der Waals surface area contributed by atoms with Crippen molar-refractivity contribution in [2.24, 2.45) is 5.92 Å². The van der Waals surface area contributed by atoms with E-state index in [4.69, 9.17) is 14.2 Å². The zero-order chi connectivity index (χ0) is 21.8. The molecule has 1 aliphatic heterocycles. The number of aliphatic hydroxyl groups is 1. The molecule has 7 heteroatoms. The van der Waals surface area contributed by atoms with Crippen LogP contribution in [0.1, 0.15) is 13.8 Å². The number of morpholine rings is 1. The number of β-amino-alcohol motifs (C(OH)–C–C–N with tert-alkyl or cyclic N) is 1. The number of carbonyl (C=O) groups excluding carboxylic acids is 1. The van der Waals surface area contributed by atoms with Crippen LogP contribution in [0.5, 0.6) is 5.75 Å². The number of benzene rings is 1. The van der Waals surface area contributed by atoms with Crippen LogP contribution in [-0.2, 0) is 14.3 Å². The molecule has 0 radical (unpaired) electrons.